The van der Waals surface area contributed by atoms with Crippen molar-refractivity contribution in [3.8, 4) is 0 Å². The van der Waals surface area contributed by atoms with E-state index in [9.17, 15) is 18.4 Å². The van der Waals surface area contributed by atoms with Crippen LogP contribution in [-0.2, 0) is 0 Å². The molecule has 1 aliphatic rings. The van der Waals surface area contributed by atoms with Crippen LogP contribution in [0.5, 0.6) is 0 Å². The number of anilines is 2. The maximum Gasteiger partial charge on any atom is 0.340 e. The summed E-state index contributed by atoms with van der Waals surface area (Å²) in [4.78, 5) is 31.4. The minimum Gasteiger partial charge on any atom is -0.293 e. The maximum atomic E-state index is 13.3. The highest BCUT2D eigenvalue weighted by Crippen LogP contribution is 2.30. The molecule has 1 fully saturated rings. The molecule has 1 unspecified atom stereocenters. The van der Waals surface area contributed by atoms with Gasteiger partial charge in [-0.15, -0.1) is 0 Å². The van der Waals surface area contributed by atoms with Crippen LogP contribution in [0.1, 0.15) is 0 Å². The van der Waals surface area contributed by atoms with Crippen molar-refractivity contribution >= 4 is 23.4 Å². The lowest BCUT2D eigenvalue weighted by Gasteiger charge is -2.47. The number of halogens is 2. The van der Waals surface area contributed by atoms with Crippen LogP contribution in [0.15, 0.2) is 48.5 Å². The van der Waals surface area contributed by atoms with Gasteiger partial charge in [-0.05, 0) is 62.6 Å². The summed E-state index contributed by atoms with van der Waals surface area (Å²) < 4.78 is 26.5. The molecule has 1 saturated heterocycles. The second-order valence-corrected chi connectivity index (χ2v) is 6.14. The third-order valence-corrected chi connectivity index (χ3v) is 4.12. The van der Waals surface area contributed by atoms with Crippen molar-refractivity contribution in [2.75, 3.05) is 30.9 Å². The first-order chi connectivity index (χ1) is 12.3. The molecule has 8 heteroatoms. The number of imide groups is 1. The van der Waals surface area contributed by atoms with Crippen LogP contribution in [-0.4, -0.2) is 49.3 Å². The number of hydrogen-bond acceptors (Lipinski definition) is 3. The van der Waals surface area contributed by atoms with Crippen molar-refractivity contribution in [3.05, 3.63) is 60.2 Å². The lowest BCUT2D eigenvalue weighted by molar-refractivity contribution is 0.113. The molecular formula is C18H18F2N4O2. The normalized spacial score (nSPS) is 18.1. The van der Waals surface area contributed by atoms with Gasteiger partial charge < -0.3 is 0 Å². The fourth-order valence-electron chi connectivity index (χ4n) is 2.95. The van der Waals surface area contributed by atoms with E-state index < -0.39 is 30.0 Å². The van der Waals surface area contributed by atoms with Crippen LogP contribution in [0.4, 0.5) is 29.7 Å². The average Bonchev–Trinajstić information content (AvgIpc) is 2.60. The van der Waals surface area contributed by atoms with E-state index >= 15 is 0 Å². The number of nitrogens with zero attached hydrogens (tertiary/aromatic N) is 4. The van der Waals surface area contributed by atoms with Gasteiger partial charge in [0, 0.05) is 12.7 Å². The van der Waals surface area contributed by atoms with E-state index in [2.05, 4.69) is 0 Å². The van der Waals surface area contributed by atoms with Gasteiger partial charge in [0.2, 0.25) is 0 Å². The molecule has 0 aliphatic carbocycles. The minimum atomic E-state index is -0.697. The number of carbonyl (C=O) groups is 2. The standard InChI is InChI=1S/C18H18F2N4O2/c1-21(2)16-22(3)17(25)24(15-10-6-13(20)7-11-15)18(26)23(16)14-8-4-12(19)5-9-14/h4-11,16H,1-3H3. The molecule has 2 aromatic carbocycles. The summed E-state index contributed by atoms with van der Waals surface area (Å²) in [5, 5.41) is 0. The van der Waals surface area contributed by atoms with Crippen molar-refractivity contribution in [2.24, 2.45) is 0 Å². The number of hydrogen-bond donors (Lipinski definition) is 0. The Bertz CT molecular complexity index is 824. The number of amides is 4. The fraction of sp³-hybridized carbons (Fsp3) is 0.222. The average molecular weight is 360 g/mol. The molecule has 2 aromatic rings. The SMILES string of the molecule is CN(C)C1N(C)C(=O)N(c2ccc(F)cc2)C(=O)N1c1ccc(F)cc1. The van der Waals surface area contributed by atoms with Gasteiger partial charge >= 0.3 is 12.1 Å². The third-order valence-electron chi connectivity index (χ3n) is 4.12. The van der Waals surface area contributed by atoms with E-state index in [-0.39, 0.29) is 5.69 Å². The highest BCUT2D eigenvalue weighted by atomic mass is 19.1. The van der Waals surface area contributed by atoms with Gasteiger partial charge in [-0.2, -0.15) is 0 Å². The van der Waals surface area contributed by atoms with Crippen molar-refractivity contribution in [1.29, 1.82) is 0 Å². The summed E-state index contributed by atoms with van der Waals surface area (Å²) in [6.45, 7) is 0. The molecule has 136 valence electrons. The zero-order chi connectivity index (χ0) is 19.0. The van der Waals surface area contributed by atoms with E-state index in [0.29, 0.717) is 5.69 Å². The van der Waals surface area contributed by atoms with Gasteiger partial charge in [-0.3, -0.25) is 14.7 Å². The van der Waals surface area contributed by atoms with Crippen LogP contribution >= 0.6 is 0 Å². The van der Waals surface area contributed by atoms with Crippen molar-refractivity contribution in [1.82, 2.24) is 9.80 Å². The Morgan fingerprint density at radius 1 is 0.808 bits per heavy atom. The number of benzene rings is 2. The molecule has 0 aromatic heterocycles. The smallest absolute Gasteiger partial charge is 0.293 e. The molecule has 6 nitrogen and oxygen atoms in total. The molecule has 26 heavy (non-hydrogen) atoms. The van der Waals surface area contributed by atoms with Crippen molar-refractivity contribution in [3.63, 3.8) is 0 Å². The Kier molecular flexibility index (Phi) is 4.60. The van der Waals surface area contributed by atoms with Crippen molar-refractivity contribution in [2.45, 2.75) is 6.29 Å². The van der Waals surface area contributed by atoms with E-state index in [0.717, 1.165) is 4.90 Å². The zero-order valence-electron chi connectivity index (χ0n) is 14.6. The molecule has 1 atom stereocenters. The molecule has 3 rings (SSSR count). The van der Waals surface area contributed by atoms with Gasteiger partial charge in [-0.25, -0.2) is 23.3 Å². The number of rotatable bonds is 3. The molecule has 4 amide bonds. The van der Waals surface area contributed by atoms with E-state index in [1.165, 1.54) is 58.3 Å². The van der Waals surface area contributed by atoms with Gasteiger partial charge in [0.05, 0.1) is 5.69 Å². The largest absolute Gasteiger partial charge is 0.340 e. The lowest BCUT2D eigenvalue weighted by Crippen LogP contribution is -2.69. The van der Waals surface area contributed by atoms with Crippen LogP contribution in [0.25, 0.3) is 0 Å². The van der Waals surface area contributed by atoms with Crippen LogP contribution in [0.3, 0.4) is 0 Å². The molecule has 0 N–H and O–H groups in total. The van der Waals surface area contributed by atoms with Gasteiger partial charge in [-0.1, -0.05) is 0 Å². The summed E-state index contributed by atoms with van der Waals surface area (Å²) in [6, 6.07) is 9.35. The number of urea groups is 2. The van der Waals surface area contributed by atoms with Crippen molar-refractivity contribution < 1.29 is 18.4 Å². The Labute approximate surface area is 149 Å². The maximum absolute atomic E-state index is 13.3. The van der Waals surface area contributed by atoms with E-state index in [1.54, 1.807) is 26.0 Å². The van der Waals surface area contributed by atoms with Crippen LogP contribution in [0, 0.1) is 11.6 Å². The molecule has 0 radical (unpaired) electrons. The van der Waals surface area contributed by atoms with Crippen LogP contribution in [0.2, 0.25) is 0 Å². The highest BCUT2D eigenvalue weighted by molar-refractivity contribution is 6.21. The van der Waals surface area contributed by atoms with Gasteiger partial charge in [0.15, 0.2) is 6.29 Å². The highest BCUT2D eigenvalue weighted by Gasteiger charge is 2.45. The summed E-state index contributed by atoms with van der Waals surface area (Å²) in [7, 11) is 5.02. The Morgan fingerprint density at radius 2 is 1.27 bits per heavy atom. The fourth-order valence-corrected chi connectivity index (χ4v) is 2.95. The van der Waals surface area contributed by atoms with E-state index in [1.807, 2.05) is 0 Å². The summed E-state index contributed by atoms with van der Waals surface area (Å²) in [5.74, 6) is -0.903. The lowest BCUT2D eigenvalue weighted by atomic mass is 10.2. The Hall–Kier alpha value is -3.00. The van der Waals surface area contributed by atoms with Crippen LogP contribution < -0.4 is 9.80 Å². The molecule has 1 heterocycles. The predicted molar refractivity (Wildman–Crippen MR) is 93.8 cm³/mol. The third kappa shape index (κ3) is 2.99. The monoisotopic (exact) mass is 360 g/mol. The van der Waals surface area contributed by atoms with Gasteiger partial charge in [0.25, 0.3) is 0 Å². The summed E-state index contributed by atoms with van der Waals surface area (Å²) in [5.41, 5.74) is 0.680. The number of carbonyl (C=O) groups excluding carboxylic acids is 2. The summed E-state index contributed by atoms with van der Waals surface area (Å²) >= 11 is 0. The minimum absolute atomic E-state index is 0.248. The molecular weight excluding hydrogens is 342 g/mol. The van der Waals surface area contributed by atoms with Gasteiger partial charge in [0.1, 0.15) is 11.6 Å². The molecule has 0 saturated carbocycles. The molecule has 0 bridgehead atoms. The molecule has 0 spiro atoms. The second kappa shape index (κ2) is 6.72. The predicted octanol–water partition coefficient (Wildman–Crippen LogP) is 3.31. The molecule has 1 aliphatic heterocycles. The summed E-state index contributed by atoms with van der Waals surface area (Å²) in [6.07, 6.45) is -0.697. The Balaban J connectivity index is 2.09. The van der Waals surface area contributed by atoms with E-state index in [4.69, 9.17) is 0 Å². The Morgan fingerprint density at radius 3 is 1.73 bits per heavy atom. The first-order valence-electron chi connectivity index (χ1n) is 7.89. The quantitative estimate of drug-likeness (QED) is 0.844. The zero-order valence-corrected chi connectivity index (χ0v) is 14.6. The topological polar surface area (TPSA) is 47.1 Å². The first-order valence-corrected chi connectivity index (χ1v) is 7.89. The second-order valence-electron chi connectivity index (χ2n) is 6.14. The first kappa shape index (κ1) is 17.8.